The van der Waals surface area contributed by atoms with Crippen molar-refractivity contribution in [3.63, 3.8) is 0 Å². The molecule has 3 nitrogen and oxygen atoms in total. The van der Waals surface area contributed by atoms with Crippen LogP contribution < -0.4 is 0 Å². The van der Waals surface area contributed by atoms with E-state index in [1.165, 1.54) is 0 Å². The summed E-state index contributed by atoms with van der Waals surface area (Å²) in [5, 5.41) is 0. The van der Waals surface area contributed by atoms with Gasteiger partial charge < -0.3 is 0 Å². The van der Waals surface area contributed by atoms with Gasteiger partial charge in [0.05, 0.1) is 0 Å². The molecule has 0 atom stereocenters. The van der Waals surface area contributed by atoms with Crippen LogP contribution in [0.5, 0.6) is 0 Å². The first-order chi connectivity index (χ1) is 21.7. The lowest BCUT2D eigenvalue weighted by molar-refractivity contribution is 0.112. The normalized spacial score (nSPS) is 10.8. The zero-order valence-electron chi connectivity index (χ0n) is 24.0. The first-order valence-corrected chi connectivity index (χ1v) is 14.6. The predicted molar refractivity (Wildman–Crippen MR) is 180 cm³/mol. The van der Waals surface area contributed by atoms with Crippen molar-refractivity contribution < 1.29 is 4.79 Å². The largest absolute Gasteiger partial charge is 0.298 e. The van der Waals surface area contributed by atoms with Crippen molar-refractivity contribution in [1.82, 2.24) is 9.97 Å². The summed E-state index contributed by atoms with van der Waals surface area (Å²) in [5.74, 6) is 0. The van der Waals surface area contributed by atoms with Gasteiger partial charge in [0.15, 0.2) is 0 Å². The number of benzene rings is 5. The molecular formula is C41H28N2O. The van der Waals surface area contributed by atoms with E-state index in [1.807, 2.05) is 73.3 Å². The van der Waals surface area contributed by atoms with Crippen molar-refractivity contribution >= 4 is 6.29 Å². The fraction of sp³-hybridized carbons (Fsp3) is 0. The Morgan fingerprint density at radius 1 is 0.295 bits per heavy atom. The van der Waals surface area contributed by atoms with Gasteiger partial charge >= 0.3 is 0 Å². The molecule has 5 aromatic carbocycles. The summed E-state index contributed by atoms with van der Waals surface area (Å²) in [4.78, 5) is 19.4. The molecule has 2 aromatic heterocycles. The van der Waals surface area contributed by atoms with Gasteiger partial charge in [0.2, 0.25) is 0 Å². The van der Waals surface area contributed by atoms with Crippen LogP contribution in [0, 0.1) is 0 Å². The van der Waals surface area contributed by atoms with Crippen LogP contribution in [-0.4, -0.2) is 16.3 Å². The highest BCUT2D eigenvalue weighted by atomic mass is 16.1. The number of carbonyl (C=O) groups is 1. The third kappa shape index (κ3) is 5.72. The highest BCUT2D eigenvalue weighted by Crippen LogP contribution is 2.35. The van der Waals surface area contributed by atoms with E-state index in [0.29, 0.717) is 5.56 Å². The molecule has 3 heteroatoms. The second-order valence-corrected chi connectivity index (χ2v) is 10.7. The summed E-state index contributed by atoms with van der Waals surface area (Å²) in [7, 11) is 0. The Bertz CT molecular complexity index is 1910. The molecule has 0 aliphatic carbocycles. The molecule has 208 valence electrons. The molecule has 0 unspecified atom stereocenters. The summed E-state index contributed by atoms with van der Waals surface area (Å²) in [6.07, 6.45) is 8.17. The highest BCUT2D eigenvalue weighted by molar-refractivity contribution is 5.83. The number of hydrogen-bond acceptors (Lipinski definition) is 3. The fourth-order valence-electron chi connectivity index (χ4n) is 5.54. The molecule has 0 spiro atoms. The maximum atomic E-state index is 11.1. The van der Waals surface area contributed by atoms with Gasteiger partial charge in [-0.2, -0.15) is 0 Å². The summed E-state index contributed by atoms with van der Waals surface area (Å²) in [6.45, 7) is 0. The molecule has 0 amide bonds. The van der Waals surface area contributed by atoms with Crippen LogP contribution in [0.3, 0.4) is 0 Å². The Balaban J connectivity index is 1.27. The monoisotopic (exact) mass is 564 g/mol. The molecule has 0 fully saturated rings. The maximum absolute atomic E-state index is 11.1. The molecule has 2 heterocycles. The van der Waals surface area contributed by atoms with Crippen molar-refractivity contribution in [1.29, 1.82) is 0 Å². The minimum Gasteiger partial charge on any atom is -0.298 e. The number of rotatable bonds is 7. The van der Waals surface area contributed by atoms with E-state index >= 15 is 0 Å². The standard InChI is InChI=1S/C41H28N2O/c44-28-29-1-3-30(4-2-29)31-5-11-34(12-6-31)39-25-40(35-13-7-32(8-14-35)37-17-21-42-22-18-37)27-41(26-39)36-15-9-33(10-16-36)38-19-23-43-24-20-38/h1-28H. The highest BCUT2D eigenvalue weighted by Gasteiger charge is 2.10. The van der Waals surface area contributed by atoms with Gasteiger partial charge in [-0.25, -0.2) is 0 Å². The second kappa shape index (κ2) is 12.1. The summed E-state index contributed by atoms with van der Waals surface area (Å²) >= 11 is 0. The van der Waals surface area contributed by atoms with Crippen LogP contribution in [0.25, 0.3) is 66.8 Å². The average Bonchev–Trinajstić information content (AvgIpc) is 3.12. The molecule has 7 rings (SSSR count). The van der Waals surface area contributed by atoms with Gasteiger partial charge in [-0.15, -0.1) is 0 Å². The lowest BCUT2D eigenvalue weighted by Crippen LogP contribution is -1.88. The van der Waals surface area contributed by atoms with E-state index in [2.05, 4.69) is 101 Å². The van der Waals surface area contributed by atoms with E-state index in [4.69, 9.17) is 0 Å². The van der Waals surface area contributed by atoms with Gasteiger partial charge in [-0.3, -0.25) is 14.8 Å². The lowest BCUT2D eigenvalue weighted by Gasteiger charge is -2.13. The number of pyridine rings is 2. The first kappa shape index (κ1) is 26.9. The summed E-state index contributed by atoms with van der Waals surface area (Å²) in [5.41, 5.74) is 14.4. The zero-order chi connectivity index (χ0) is 29.7. The van der Waals surface area contributed by atoms with E-state index in [-0.39, 0.29) is 0 Å². The van der Waals surface area contributed by atoms with Crippen molar-refractivity contribution in [3.05, 3.63) is 170 Å². The fourth-order valence-corrected chi connectivity index (χ4v) is 5.54. The van der Waals surface area contributed by atoms with E-state index in [9.17, 15) is 4.79 Å². The van der Waals surface area contributed by atoms with Crippen molar-refractivity contribution in [3.8, 4) is 66.8 Å². The van der Waals surface area contributed by atoms with E-state index in [0.717, 1.165) is 73.0 Å². The van der Waals surface area contributed by atoms with Crippen LogP contribution in [0.4, 0.5) is 0 Å². The van der Waals surface area contributed by atoms with Gasteiger partial charge in [-0.1, -0.05) is 97.1 Å². The Morgan fingerprint density at radius 2 is 0.523 bits per heavy atom. The van der Waals surface area contributed by atoms with Crippen LogP contribution in [-0.2, 0) is 0 Å². The maximum Gasteiger partial charge on any atom is 0.150 e. The van der Waals surface area contributed by atoms with Gasteiger partial charge in [0.1, 0.15) is 6.29 Å². The van der Waals surface area contributed by atoms with Gasteiger partial charge in [0, 0.05) is 30.4 Å². The topological polar surface area (TPSA) is 42.9 Å². The second-order valence-electron chi connectivity index (χ2n) is 10.7. The Morgan fingerprint density at radius 3 is 0.795 bits per heavy atom. The summed E-state index contributed by atoms with van der Waals surface area (Å²) in [6, 6.07) is 48.7. The average molecular weight is 565 g/mol. The zero-order valence-corrected chi connectivity index (χ0v) is 24.0. The Hall–Kier alpha value is -5.93. The minimum absolute atomic E-state index is 0.678. The van der Waals surface area contributed by atoms with Crippen molar-refractivity contribution in [2.75, 3.05) is 0 Å². The van der Waals surface area contributed by atoms with E-state index < -0.39 is 0 Å². The molecule has 0 bridgehead atoms. The van der Waals surface area contributed by atoms with Crippen LogP contribution in [0.2, 0.25) is 0 Å². The molecule has 0 aliphatic rings. The third-order valence-electron chi connectivity index (χ3n) is 8.00. The first-order valence-electron chi connectivity index (χ1n) is 14.6. The van der Waals surface area contributed by atoms with Gasteiger partial charge in [-0.05, 0) is 109 Å². The van der Waals surface area contributed by atoms with Crippen LogP contribution in [0.15, 0.2) is 164 Å². The molecule has 7 aromatic rings. The number of aromatic nitrogens is 2. The molecule has 44 heavy (non-hydrogen) atoms. The lowest BCUT2D eigenvalue weighted by atomic mass is 9.91. The van der Waals surface area contributed by atoms with E-state index in [1.54, 1.807) is 0 Å². The predicted octanol–water partition coefficient (Wildman–Crippen LogP) is 10.3. The van der Waals surface area contributed by atoms with Crippen molar-refractivity contribution in [2.45, 2.75) is 0 Å². The van der Waals surface area contributed by atoms with Crippen LogP contribution in [0.1, 0.15) is 10.4 Å². The molecule has 0 N–H and O–H groups in total. The molecule has 0 aliphatic heterocycles. The van der Waals surface area contributed by atoms with Crippen molar-refractivity contribution in [2.24, 2.45) is 0 Å². The minimum atomic E-state index is 0.678. The Kier molecular flexibility index (Phi) is 7.42. The summed E-state index contributed by atoms with van der Waals surface area (Å²) < 4.78 is 0. The molecule has 0 saturated heterocycles. The number of carbonyl (C=O) groups excluding carboxylic acids is 1. The number of aldehydes is 1. The third-order valence-corrected chi connectivity index (χ3v) is 8.00. The van der Waals surface area contributed by atoms with Crippen LogP contribution >= 0.6 is 0 Å². The Labute approximate surface area is 257 Å². The molecule has 0 saturated carbocycles. The van der Waals surface area contributed by atoms with Gasteiger partial charge in [0.25, 0.3) is 0 Å². The SMILES string of the molecule is O=Cc1ccc(-c2ccc(-c3cc(-c4ccc(-c5ccncc5)cc4)cc(-c4ccc(-c5ccncc5)cc4)c3)cc2)cc1. The number of hydrogen-bond donors (Lipinski definition) is 0. The molecular weight excluding hydrogens is 536 g/mol. The number of nitrogens with zero attached hydrogens (tertiary/aromatic N) is 2. The smallest absolute Gasteiger partial charge is 0.150 e. The quantitative estimate of drug-likeness (QED) is 0.181. The molecule has 0 radical (unpaired) electrons.